The van der Waals surface area contributed by atoms with Gasteiger partial charge in [-0.25, -0.2) is 4.98 Å². The van der Waals surface area contributed by atoms with Crippen molar-refractivity contribution in [2.45, 2.75) is 19.8 Å². The summed E-state index contributed by atoms with van der Waals surface area (Å²) in [4.78, 5) is 33.4. The van der Waals surface area contributed by atoms with Crippen molar-refractivity contribution in [2.24, 2.45) is 0 Å². The summed E-state index contributed by atoms with van der Waals surface area (Å²) in [7, 11) is 1.79. The molecule has 0 spiro atoms. The molecule has 148 valence electrons. The molecule has 2 aromatic rings. The predicted octanol–water partition coefficient (Wildman–Crippen LogP) is -0.0119. The lowest BCUT2D eigenvalue weighted by Crippen LogP contribution is -2.43. The van der Waals surface area contributed by atoms with Crippen LogP contribution in [0.4, 0.5) is 5.13 Å². The average molecular weight is 395 g/mol. The van der Waals surface area contributed by atoms with E-state index in [4.69, 9.17) is 4.74 Å². The zero-order chi connectivity index (χ0) is 19.2. The van der Waals surface area contributed by atoms with E-state index in [0.717, 1.165) is 51.4 Å². The molecule has 3 heterocycles. The van der Waals surface area contributed by atoms with E-state index in [1.807, 2.05) is 6.92 Å². The van der Waals surface area contributed by atoms with Crippen LogP contribution in [0.5, 0.6) is 0 Å². The first-order chi connectivity index (χ1) is 13.1. The molecule has 0 aromatic carbocycles. The van der Waals surface area contributed by atoms with Crippen LogP contribution in [0.15, 0.2) is 10.9 Å². The van der Waals surface area contributed by atoms with E-state index in [2.05, 4.69) is 20.3 Å². The molecule has 2 aromatic heterocycles. The topological polar surface area (TPSA) is 92.1 Å². The Morgan fingerprint density at radius 2 is 2.19 bits per heavy atom. The van der Waals surface area contributed by atoms with Gasteiger partial charge in [0.05, 0.1) is 19.8 Å². The zero-order valence-corrected chi connectivity index (χ0v) is 16.6. The number of anilines is 1. The van der Waals surface area contributed by atoms with Crippen molar-refractivity contribution < 1.29 is 9.53 Å². The Kier molecular flexibility index (Phi) is 6.75. The Balaban J connectivity index is 1.55. The summed E-state index contributed by atoms with van der Waals surface area (Å²) in [5.74, 6) is -0.0722. The van der Waals surface area contributed by atoms with Crippen LogP contribution in [0, 0.1) is 0 Å². The molecule has 1 amide bonds. The van der Waals surface area contributed by atoms with Crippen molar-refractivity contribution >= 4 is 27.3 Å². The maximum absolute atomic E-state index is 12.2. The van der Waals surface area contributed by atoms with Crippen LogP contribution in [0.3, 0.4) is 0 Å². The largest absolute Gasteiger partial charge is 0.379 e. The third kappa shape index (κ3) is 5.24. The number of hydrogen-bond donors (Lipinski definition) is 1. The number of amides is 1. The molecule has 0 unspecified atom stereocenters. The lowest BCUT2D eigenvalue weighted by Gasteiger charge is -2.26. The van der Waals surface area contributed by atoms with Gasteiger partial charge in [-0.1, -0.05) is 24.7 Å². The maximum Gasteiger partial charge on any atom is 0.275 e. The normalized spacial score (nSPS) is 15.2. The average Bonchev–Trinajstić information content (AvgIpc) is 3.08. The third-order valence-electron chi connectivity index (χ3n) is 4.35. The summed E-state index contributed by atoms with van der Waals surface area (Å²) in [6.45, 7) is 6.97. The van der Waals surface area contributed by atoms with E-state index in [1.165, 1.54) is 21.9 Å². The third-order valence-corrected chi connectivity index (χ3v) is 5.38. The molecule has 1 saturated heterocycles. The number of aryl methyl sites for hydroxylation is 1. The number of likely N-dealkylation sites (N-methyl/N-ethyl adjacent to an activating group) is 1. The highest BCUT2D eigenvalue weighted by atomic mass is 32.1. The second-order valence-electron chi connectivity index (χ2n) is 6.57. The molecule has 9 nitrogen and oxygen atoms in total. The van der Waals surface area contributed by atoms with Gasteiger partial charge >= 0.3 is 0 Å². The number of carbonyl (C=O) groups excluding carboxylic acids is 1. The van der Waals surface area contributed by atoms with Crippen LogP contribution in [-0.4, -0.2) is 78.4 Å². The van der Waals surface area contributed by atoms with Crippen LogP contribution in [-0.2, 0) is 16.0 Å². The minimum absolute atomic E-state index is 0.0722. The fourth-order valence-corrected chi connectivity index (χ4v) is 3.79. The molecule has 0 bridgehead atoms. The molecule has 1 aliphatic rings. The fraction of sp³-hybridized carbons (Fsp3) is 0.647. The summed E-state index contributed by atoms with van der Waals surface area (Å²) < 4.78 is 6.61. The van der Waals surface area contributed by atoms with Gasteiger partial charge in [0.15, 0.2) is 0 Å². The number of fused-ring (bicyclic) bond motifs is 1. The molecule has 1 aliphatic heterocycles. The van der Waals surface area contributed by atoms with E-state index in [1.54, 1.807) is 11.9 Å². The monoisotopic (exact) mass is 394 g/mol. The molecule has 3 rings (SSSR count). The number of nitrogens with zero attached hydrogens (tertiary/aromatic N) is 5. The van der Waals surface area contributed by atoms with E-state index in [-0.39, 0.29) is 18.0 Å². The Bertz CT molecular complexity index is 830. The molecule has 10 heteroatoms. The van der Waals surface area contributed by atoms with E-state index >= 15 is 0 Å². The van der Waals surface area contributed by atoms with Crippen molar-refractivity contribution in [1.82, 2.24) is 24.8 Å². The van der Waals surface area contributed by atoms with Crippen molar-refractivity contribution in [2.75, 3.05) is 57.9 Å². The molecule has 0 saturated carbocycles. The summed E-state index contributed by atoms with van der Waals surface area (Å²) in [5.41, 5.74) is 0.593. The molecule has 1 N–H and O–H groups in total. The Hall–Kier alpha value is -2.04. The van der Waals surface area contributed by atoms with Gasteiger partial charge < -0.3 is 15.0 Å². The smallest absolute Gasteiger partial charge is 0.275 e. The van der Waals surface area contributed by atoms with Gasteiger partial charge in [0.2, 0.25) is 16.0 Å². The standard InChI is InChI=1S/C17H26N6O3S/c1-3-4-13-11-15(25)23-16(19-13)27-17(20-23)21(2)12-14(24)18-5-6-22-7-9-26-10-8-22/h11H,3-10,12H2,1-2H3,(H,18,24). The zero-order valence-electron chi connectivity index (χ0n) is 15.8. The highest BCUT2D eigenvalue weighted by molar-refractivity contribution is 7.20. The lowest BCUT2D eigenvalue weighted by molar-refractivity contribution is -0.119. The molecular formula is C17H26N6O3S. The Labute approximate surface area is 161 Å². The van der Waals surface area contributed by atoms with Gasteiger partial charge in [0, 0.05) is 45.0 Å². The molecule has 0 atom stereocenters. The van der Waals surface area contributed by atoms with Gasteiger partial charge in [0.25, 0.3) is 5.56 Å². The number of morpholine rings is 1. The molecular weight excluding hydrogens is 368 g/mol. The number of rotatable bonds is 8. The Morgan fingerprint density at radius 3 is 2.93 bits per heavy atom. The highest BCUT2D eigenvalue weighted by Crippen LogP contribution is 2.20. The molecule has 0 radical (unpaired) electrons. The SMILES string of the molecule is CCCc1cc(=O)n2nc(N(C)CC(=O)NCCN3CCOCC3)sc2n1. The molecule has 0 aliphatic carbocycles. The van der Waals surface area contributed by atoms with Crippen molar-refractivity contribution in [1.29, 1.82) is 0 Å². The van der Waals surface area contributed by atoms with Crippen LogP contribution in [0.1, 0.15) is 19.0 Å². The van der Waals surface area contributed by atoms with Gasteiger partial charge in [-0.3, -0.25) is 14.5 Å². The summed E-state index contributed by atoms with van der Waals surface area (Å²) >= 11 is 1.31. The van der Waals surface area contributed by atoms with Crippen LogP contribution < -0.4 is 15.8 Å². The van der Waals surface area contributed by atoms with E-state index in [0.29, 0.717) is 16.6 Å². The lowest BCUT2D eigenvalue weighted by atomic mass is 10.2. The second-order valence-corrected chi connectivity index (χ2v) is 7.51. The predicted molar refractivity (Wildman–Crippen MR) is 105 cm³/mol. The quantitative estimate of drug-likeness (QED) is 0.673. The van der Waals surface area contributed by atoms with Crippen LogP contribution in [0.2, 0.25) is 0 Å². The minimum atomic E-state index is -0.186. The van der Waals surface area contributed by atoms with Gasteiger partial charge in [-0.2, -0.15) is 4.52 Å². The van der Waals surface area contributed by atoms with Gasteiger partial charge in [-0.05, 0) is 6.42 Å². The Morgan fingerprint density at radius 1 is 1.41 bits per heavy atom. The fourth-order valence-electron chi connectivity index (χ4n) is 2.90. The van der Waals surface area contributed by atoms with Crippen LogP contribution >= 0.6 is 11.3 Å². The van der Waals surface area contributed by atoms with Crippen molar-refractivity contribution in [3.8, 4) is 0 Å². The first-order valence-electron chi connectivity index (χ1n) is 9.24. The summed E-state index contributed by atoms with van der Waals surface area (Å²) in [6.07, 6.45) is 1.69. The van der Waals surface area contributed by atoms with Crippen molar-refractivity contribution in [3.63, 3.8) is 0 Å². The van der Waals surface area contributed by atoms with Crippen molar-refractivity contribution in [3.05, 3.63) is 22.1 Å². The number of carbonyl (C=O) groups is 1. The summed E-state index contributed by atoms with van der Waals surface area (Å²) in [5, 5.41) is 7.83. The van der Waals surface area contributed by atoms with Gasteiger partial charge in [0.1, 0.15) is 0 Å². The maximum atomic E-state index is 12.2. The number of hydrogen-bond acceptors (Lipinski definition) is 8. The summed E-state index contributed by atoms with van der Waals surface area (Å²) in [6, 6.07) is 1.53. The number of aromatic nitrogens is 3. The second kappa shape index (κ2) is 9.25. The molecule has 27 heavy (non-hydrogen) atoms. The first-order valence-corrected chi connectivity index (χ1v) is 10.1. The highest BCUT2D eigenvalue weighted by Gasteiger charge is 2.15. The van der Waals surface area contributed by atoms with E-state index in [9.17, 15) is 9.59 Å². The number of nitrogens with one attached hydrogen (secondary N) is 1. The van der Waals surface area contributed by atoms with Gasteiger partial charge in [-0.15, -0.1) is 5.10 Å². The first kappa shape index (κ1) is 19.7. The number of ether oxygens (including phenoxy) is 1. The molecule has 1 fully saturated rings. The van der Waals surface area contributed by atoms with Crippen LogP contribution in [0.25, 0.3) is 4.96 Å². The van der Waals surface area contributed by atoms with E-state index < -0.39 is 0 Å². The minimum Gasteiger partial charge on any atom is -0.379 e.